The van der Waals surface area contributed by atoms with Crippen LogP contribution < -0.4 is 10.9 Å². The highest BCUT2D eigenvalue weighted by atomic mass is 32.2. The molecule has 0 bridgehead atoms. The molecule has 1 aromatic heterocycles. The highest BCUT2D eigenvalue weighted by Crippen LogP contribution is 2.27. The van der Waals surface area contributed by atoms with Crippen LogP contribution in [-0.4, -0.2) is 22.6 Å². The third-order valence-electron chi connectivity index (χ3n) is 5.11. The molecule has 1 aliphatic rings. The topological polar surface area (TPSA) is 71.1 Å². The SMILES string of the molecule is CCc1cc2cccc(C)c2nc1SCC(=O)NNC(=O)C1CCCCC1. The van der Waals surface area contributed by atoms with Crippen LogP contribution in [0.1, 0.15) is 50.2 Å². The van der Waals surface area contributed by atoms with Gasteiger partial charge in [-0.1, -0.05) is 56.1 Å². The van der Waals surface area contributed by atoms with Crippen LogP contribution in [0.5, 0.6) is 0 Å². The molecule has 1 fully saturated rings. The van der Waals surface area contributed by atoms with Gasteiger partial charge in [-0.3, -0.25) is 20.4 Å². The van der Waals surface area contributed by atoms with Gasteiger partial charge in [0.25, 0.3) is 0 Å². The lowest BCUT2D eigenvalue weighted by atomic mass is 9.89. The molecule has 1 aromatic carbocycles. The fourth-order valence-corrected chi connectivity index (χ4v) is 4.40. The number of rotatable bonds is 5. The second kappa shape index (κ2) is 9.22. The second-order valence-corrected chi connectivity index (χ2v) is 8.08. The zero-order valence-electron chi connectivity index (χ0n) is 16.0. The zero-order chi connectivity index (χ0) is 19.2. The van der Waals surface area contributed by atoms with Gasteiger partial charge in [-0.15, -0.1) is 0 Å². The number of carbonyl (C=O) groups excluding carboxylic acids is 2. The van der Waals surface area contributed by atoms with E-state index in [9.17, 15) is 9.59 Å². The van der Waals surface area contributed by atoms with Crippen LogP contribution in [0.15, 0.2) is 29.3 Å². The molecule has 2 amide bonds. The first kappa shape index (κ1) is 19.7. The van der Waals surface area contributed by atoms with E-state index in [4.69, 9.17) is 4.98 Å². The predicted octanol–water partition coefficient (Wildman–Crippen LogP) is 3.93. The second-order valence-electron chi connectivity index (χ2n) is 7.11. The minimum atomic E-state index is -0.210. The molecule has 1 saturated carbocycles. The van der Waals surface area contributed by atoms with Gasteiger partial charge in [-0.2, -0.15) is 0 Å². The number of thioether (sulfide) groups is 1. The Morgan fingerprint density at radius 2 is 1.96 bits per heavy atom. The number of hydrogen-bond acceptors (Lipinski definition) is 4. The van der Waals surface area contributed by atoms with Crippen molar-refractivity contribution in [2.45, 2.75) is 57.4 Å². The normalized spacial score (nSPS) is 14.9. The highest BCUT2D eigenvalue weighted by Gasteiger charge is 2.21. The Bertz CT molecular complexity index is 832. The van der Waals surface area contributed by atoms with Gasteiger partial charge in [0.2, 0.25) is 11.8 Å². The molecular weight excluding hydrogens is 358 g/mol. The van der Waals surface area contributed by atoms with Crippen molar-refractivity contribution >= 4 is 34.5 Å². The van der Waals surface area contributed by atoms with E-state index < -0.39 is 0 Å². The summed E-state index contributed by atoms with van der Waals surface area (Å²) in [5.74, 6) is -0.0225. The lowest BCUT2D eigenvalue weighted by molar-refractivity contribution is -0.131. The third-order valence-corrected chi connectivity index (χ3v) is 6.14. The lowest BCUT2D eigenvalue weighted by Crippen LogP contribution is -2.45. The van der Waals surface area contributed by atoms with Crippen molar-refractivity contribution in [1.82, 2.24) is 15.8 Å². The fraction of sp³-hybridized carbons (Fsp3) is 0.476. The molecule has 0 saturated heterocycles. The summed E-state index contributed by atoms with van der Waals surface area (Å²) in [5.41, 5.74) is 8.37. The molecule has 0 spiro atoms. The maximum atomic E-state index is 12.2. The molecule has 2 aromatic rings. The molecule has 27 heavy (non-hydrogen) atoms. The standard InChI is InChI=1S/C21H27N3O2S/c1-3-15-12-17-11-7-8-14(2)19(17)22-21(15)27-13-18(25)23-24-20(26)16-9-5-4-6-10-16/h7-8,11-12,16H,3-6,9-10,13H2,1-2H3,(H,23,25)(H,24,26). The van der Waals surface area contributed by atoms with Crippen LogP contribution >= 0.6 is 11.8 Å². The van der Waals surface area contributed by atoms with Gasteiger partial charge < -0.3 is 0 Å². The van der Waals surface area contributed by atoms with Crippen molar-refractivity contribution in [3.05, 3.63) is 35.4 Å². The van der Waals surface area contributed by atoms with Crippen LogP contribution in [0.25, 0.3) is 10.9 Å². The number of nitrogens with one attached hydrogen (secondary N) is 2. The van der Waals surface area contributed by atoms with Gasteiger partial charge in [0.1, 0.15) is 5.03 Å². The van der Waals surface area contributed by atoms with E-state index in [0.29, 0.717) is 0 Å². The average molecular weight is 386 g/mol. The minimum Gasteiger partial charge on any atom is -0.273 e. The number of pyridine rings is 1. The van der Waals surface area contributed by atoms with Gasteiger partial charge in [0.15, 0.2) is 0 Å². The number of aryl methyl sites for hydroxylation is 2. The molecule has 144 valence electrons. The third kappa shape index (κ3) is 5.01. The van der Waals surface area contributed by atoms with Gasteiger partial charge >= 0.3 is 0 Å². The van der Waals surface area contributed by atoms with E-state index in [0.717, 1.165) is 59.2 Å². The molecule has 1 aliphatic carbocycles. The van der Waals surface area contributed by atoms with Crippen molar-refractivity contribution in [3.63, 3.8) is 0 Å². The van der Waals surface area contributed by atoms with E-state index in [1.54, 1.807) is 0 Å². The summed E-state index contributed by atoms with van der Waals surface area (Å²) in [6.07, 6.45) is 6.07. The highest BCUT2D eigenvalue weighted by molar-refractivity contribution is 7.99. The largest absolute Gasteiger partial charge is 0.273 e. The summed E-state index contributed by atoms with van der Waals surface area (Å²) in [5, 5.41) is 2.01. The summed E-state index contributed by atoms with van der Waals surface area (Å²) < 4.78 is 0. The summed E-state index contributed by atoms with van der Waals surface area (Å²) >= 11 is 1.42. The van der Waals surface area contributed by atoms with Crippen molar-refractivity contribution < 1.29 is 9.59 Å². The first-order chi connectivity index (χ1) is 13.1. The quantitative estimate of drug-likeness (QED) is 0.604. The predicted molar refractivity (Wildman–Crippen MR) is 109 cm³/mol. The zero-order valence-corrected chi connectivity index (χ0v) is 16.8. The van der Waals surface area contributed by atoms with Crippen molar-refractivity contribution in [1.29, 1.82) is 0 Å². The smallest absolute Gasteiger partial charge is 0.248 e. The Morgan fingerprint density at radius 1 is 1.19 bits per heavy atom. The van der Waals surface area contributed by atoms with Gasteiger partial charge in [-0.05, 0) is 43.4 Å². The number of hydrogen-bond donors (Lipinski definition) is 2. The maximum Gasteiger partial charge on any atom is 0.248 e. The van der Waals surface area contributed by atoms with E-state index in [1.807, 2.05) is 19.1 Å². The first-order valence-electron chi connectivity index (χ1n) is 9.69. The number of benzene rings is 1. The number of para-hydroxylation sites is 1. The molecule has 2 N–H and O–H groups in total. The van der Waals surface area contributed by atoms with Crippen LogP contribution in [0.3, 0.4) is 0 Å². The van der Waals surface area contributed by atoms with Crippen LogP contribution in [0.4, 0.5) is 0 Å². The number of carbonyl (C=O) groups is 2. The van der Waals surface area contributed by atoms with Crippen molar-refractivity contribution in [3.8, 4) is 0 Å². The summed E-state index contributed by atoms with van der Waals surface area (Å²) in [4.78, 5) is 29.1. The minimum absolute atomic E-state index is 0.0310. The Morgan fingerprint density at radius 3 is 2.70 bits per heavy atom. The van der Waals surface area contributed by atoms with Crippen LogP contribution in [0.2, 0.25) is 0 Å². The molecule has 6 heteroatoms. The number of nitrogens with zero attached hydrogens (tertiary/aromatic N) is 1. The fourth-order valence-electron chi connectivity index (χ4n) is 3.52. The molecular formula is C21H27N3O2S. The number of amides is 2. The molecule has 0 radical (unpaired) electrons. The van der Waals surface area contributed by atoms with E-state index in [-0.39, 0.29) is 23.5 Å². The Kier molecular flexibility index (Phi) is 6.72. The average Bonchev–Trinajstić information content (AvgIpc) is 2.70. The number of fused-ring (bicyclic) bond motifs is 1. The maximum absolute atomic E-state index is 12.2. The number of hydrazine groups is 1. The van der Waals surface area contributed by atoms with Gasteiger partial charge in [0, 0.05) is 11.3 Å². The van der Waals surface area contributed by atoms with E-state index in [1.165, 1.54) is 18.2 Å². The molecule has 5 nitrogen and oxygen atoms in total. The van der Waals surface area contributed by atoms with E-state index >= 15 is 0 Å². The lowest BCUT2D eigenvalue weighted by Gasteiger charge is -2.20. The molecule has 0 atom stereocenters. The molecule has 1 heterocycles. The monoisotopic (exact) mass is 385 g/mol. The molecule has 0 unspecified atom stereocenters. The summed E-state index contributed by atoms with van der Waals surface area (Å²) in [6.45, 7) is 4.13. The number of aromatic nitrogens is 1. The molecule has 0 aliphatic heterocycles. The van der Waals surface area contributed by atoms with Crippen molar-refractivity contribution in [2.24, 2.45) is 5.92 Å². The summed E-state index contributed by atoms with van der Waals surface area (Å²) in [7, 11) is 0. The van der Waals surface area contributed by atoms with Gasteiger partial charge in [0.05, 0.1) is 11.3 Å². The van der Waals surface area contributed by atoms with Crippen LogP contribution in [0, 0.1) is 12.8 Å². The van der Waals surface area contributed by atoms with Crippen LogP contribution in [-0.2, 0) is 16.0 Å². The van der Waals surface area contributed by atoms with Gasteiger partial charge in [-0.25, -0.2) is 4.98 Å². The Hall–Kier alpha value is -2.08. The first-order valence-corrected chi connectivity index (χ1v) is 10.7. The molecule has 3 rings (SSSR count). The Balaban J connectivity index is 1.58. The summed E-state index contributed by atoms with van der Waals surface area (Å²) in [6, 6.07) is 8.30. The van der Waals surface area contributed by atoms with E-state index in [2.05, 4.69) is 29.9 Å². The Labute approximate surface area is 164 Å². The van der Waals surface area contributed by atoms with Crippen molar-refractivity contribution in [2.75, 3.05) is 5.75 Å².